The minimum Gasteiger partial charge on any atom is -0.156 e. The van der Waals surface area contributed by atoms with Crippen molar-refractivity contribution < 1.29 is 0 Å². The summed E-state index contributed by atoms with van der Waals surface area (Å²) >= 11 is 2.10. The summed E-state index contributed by atoms with van der Waals surface area (Å²) in [4.78, 5) is 0. The molecule has 0 saturated heterocycles. The average Bonchev–Trinajstić information content (AvgIpc) is 1.82. The van der Waals surface area contributed by atoms with Crippen LogP contribution in [0.25, 0.3) is 0 Å². The van der Waals surface area contributed by atoms with Crippen molar-refractivity contribution in [1.29, 1.82) is 0 Å². The van der Waals surface area contributed by atoms with E-state index in [0.717, 1.165) is 16.4 Å². The fourth-order valence-corrected chi connectivity index (χ4v) is 2.30. The normalized spacial score (nSPS) is 14.5. The Hall–Kier alpha value is 0.350. The molecule has 68 valence electrons. The Balaban J connectivity index is 3.29. The molecule has 0 rings (SSSR count). The first-order chi connectivity index (χ1) is 5.02. The summed E-state index contributed by atoms with van der Waals surface area (Å²) in [5.41, 5.74) is 0. The second kappa shape index (κ2) is 5.93. The van der Waals surface area contributed by atoms with Crippen LogP contribution in [0.15, 0.2) is 0 Å². The third-order valence-electron chi connectivity index (χ3n) is 1.66. The van der Waals surface area contributed by atoms with E-state index in [9.17, 15) is 0 Å². The van der Waals surface area contributed by atoms with Crippen LogP contribution in [0, 0.1) is 5.92 Å². The van der Waals surface area contributed by atoms with Crippen LogP contribution in [-0.2, 0) is 0 Å². The van der Waals surface area contributed by atoms with Gasteiger partial charge in [0.1, 0.15) is 0 Å². The van der Waals surface area contributed by atoms with Gasteiger partial charge in [0, 0.05) is 5.25 Å². The zero-order valence-electron chi connectivity index (χ0n) is 8.55. The fraction of sp³-hybridized carbons (Fsp3) is 1.00. The van der Waals surface area contributed by atoms with E-state index in [0.29, 0.717) is 0 Å². The molecule has 0 spiro atoms. The highest BCUT2D eigenvalue weighted by Gasteiger charge is 2.05. The molecule has 0 aromatic carbocycles. The second-order valence-corrected chi connectivity index (χ2v) is 5.99. The number of hydrogen-bond donors (Lipinski definition) is 0. The zero-order chi connectivity index (χ0) is 8.85. The molecule has 0 aromatic rings. The van der Waals surface area contributed by atoms with E-state index >= 15 is 0 Å². The first kappa shape index (κ1) is 11.4. The predicted molar refractivity (Wildman–Crippen MR) is 56.3 cm³/mol. The Kier molecular flexibility index (Phi) is 6.12. The number of thioether (sulfide) groups is 1. The molecule has 0 N–H and O–H groups in total. The minimum atomic E-state index is 0.789. The molecule has 0 aliphatic rings. The van der Waals surface area contributed by atoms with E-state index < -0.39 is 0 Å². The van der Waals surface area contributed by atoms with Crippen molar-refractivity contribution in [2.45, 2.75) is 58.0 Å². The lowest BCUT2D eigenvalue weighted by Gasteiger charge is -2.14. The highest BCUT2D eigenvalue weighted by molar-refractivity contribution is 8.00. The van der Waals surface area contributed by atoms with Gasteiger partial charge in [-0.2, -0.15) is 11.8 Å². The first-order valence-electron chi connectivity index (χ1n) is 4.67. The summed E-state index contributed by atoms with van der Waals surface area (Å²) in [5.74, 6) is 0.866. The SMILES string of the molecule is CC(C)CC[C@H](C)SC(C)C. The van der Waals surface area contributed by atoms with Gasteiger partial charge in [-0.05, 0) is 24.0 Å². The highest BCUT2D eigenvalue weighted by Crippen LogP contribution is 2.22. The van der Waals surface area contributed by atoms with Gasteiger partial charge in [0.25, 0.3) is 0 Å². The molecule has 1 heteroatoms. The van der Waals surface area contributed by atoms with Crippen LogP contribution in [0.1, 0.15) is 47.5 Å². The third kappa shape index (κ3) is 8.25. The average molecular weight is 174 g/mol. The van der Waals surface area contributed by atoms with Crippen molar-refractivity contribution in [3.63, 3.8) is 0 Å². The van der Waals surface area contributed by atoms with E-state index in [2.05, 4.69) is 46.4 Å². The van der Waals surface area contributed by atoms with E-state index in [1.54, 1.807) is 0 Å². The van der Waals surface area contributed by atoms with Gasteiger partial charge < -0.3 is 0 Å². The Bertz CT molecular complexity index is 86.9. The van der Waals surface area contributed by atoms with Crippen LogP contribution in [0.3, 0.4) is 0 Å². The van der Waals surface area contributed by atoms with Gasteiger partial charge in [-0.15, -0.1) is 0 Å². The molecule has 0 heterocycles. The molecule has 0 amide bonds. The van der Waals surface area contributed by atoms with Gasteiger partial charge in [-0.3, -0.25) is 0 Å². The zero-order valence-corrected chi connectivity index (χ0v) is 9.37. The summed E-state index contributed by atoms with van der Waals surface area (Å²) in [7, 11) is 0. The molecule has 0 aromatic heterocycles. The van der Waals surface area contributed by atoms with Gasteiger partial charge in [0.2, 0.25) is 0 Å². The van der Waals surface area contributed by atoms with E-state index in [1.165, 1.54) is 12.8 Å². The molecule has 0 nitrogen and oxygen atoms in total. The Morgan fingerprint density at radius 2 is 1.45 bits per heavy atom. The summed E-state index contributed by atoms with van der Waals surface area (Å²) in [6.45, 7) is 11.5. The van der Waals surface area contributed by atoms with E-state index in [1.807, 2.05) is 0 Å². The third-order valence-corrected chi connectivity index (χ3v) is 2.90. The smallest absolute Gasteiger partial charge is 0.00213 e. The molecule has 1 atom stereocenters. The molecule has 0 bridgehead atoms. The Morgan fingerprint density at radius 3 is 1.82 bits per heavy atom. The van der Waals surface area contributed by atoms with Crippen molar-refractivity contribution in [3.05, 3.63) is 0 Å². The van der Waals surface area contributed by atoms with Gasteiger partial charge in [0.05, 0.1) is 0 Å². The largest absolute Gasteiger partial charge is 0.156 e. The van der Waals surface area contributed by atoms with Crippen LogP contribution >= 0.6 is 11.8 Å². The summed E-state index contributed by atoms with van der Waals surface area (Å²) in [5, 5.41) is 1.63. The molecule has 0 aliphatic carbocycles. The Labute approximate surface area is 76.1 Å². The molecule has 0 saturated carbocycles. The fourth-order valence-electron chi connectivity index (χ4n) is 1.10. The van der Waals surface area contributed by atoms with E-state index in [4.69, 9.17) is 0 Å². The second-order valence-electron chi connectivity index (χ2n) is 3.97. The minimum absolute atomic E-state index is 0.789. The van der Waals surface area contributed by atoms with Crippen LogP contribution in [0.5, 0.6) is 0 Å². The maximum absolute atomic E-state index is 2.34. The predicted octanol–water partition coefficient (Wildman–Crippen LogP) is 3.95. The lowest BCUT2D eigenvalue weighted by Crippen LogP contribution is -2.03. The van der Waals surface area contributed by atoms with Crippen molar-refractivity contribution in [2.24, 2.45) is 5.92 Å². The van der Waals surface area contributed by atoms with Crippen LogP contribution in [0.4, 0.5) is 0 Å². The number of hydrogen-bond acceptors (Lipinski definition) is 1. The lowest BCUT2D eigenvalue weighted by atomic mass is 10.1. The van der Waals surface area contributed by atoms with Crippen molar-refractivity contribution in [1.82, 2.24) is 0 Å². The molecule has 11 heavy (non-hydrogen) atoms. The quantitative estimate of drug-likeness (QED) is 0.608. The summed E-state index contributed by atoms with van der Waals surface area (Å²) in [6, 6.07) is 0. The van der Waals surface area contributed by atoms with Crippen molar-refractivity contribution in [2.75, 3.05) is 0 Å². The van der Waals surface area contributed by atoms with Gasteiger partial charge in [-0.25, -0.2) is 0 Å². The highest BCUT2D eigenvalue weighted by atomic mass is 32.2. The van der Waals surface area contributed by atoms with Crippen molar-refractivity contribution in [3.8, 4) is 0 Å². The molecular formula is C10H22S. The van der Waals surface area contributed by atoms with Gasteiger partial charge in [-0.1, -0.05) is 34.6 Å². The monoisotopic (exact) mass is 174 g/mol. The van der Waals surface area contributed by atoms with Gasteiger partial charge in [0.15, 0.2) is 0 Å². The summed E-state index contributed by atoms with van der Waals surface area (Å²) < 4.78 is 0. The lowest BCUT2D eigenvalue weighted by molar-refractivity contribution is 0.554. The first-order valence-corrected chi connectivity index (χ1v) is 5.62. The molecule has 0 aliphatic heterocycles. The molecule has 0 radical (unpaired) electrons. The van der Waals surface area contributed by atoms with Crippen LogP contribution in [0.2, 0.25) is 0 Å². The van der Waals surface area contributed by atoms with Crippen LogP contribution < -0.4 is 0 Å². The maximum atomic E-state index is 2.34. The van der Waals surface area contributed by atoms with Crippen molar-refractivity contribution >= 4 is 11.8 Å². The summed E-state index contributed by atoms with van der Waals surface area (Å²) in [6.07, 6.45) is 2.75. The topological polar surface area (TPSA) is 0 Å². The van der Waals surface area contributed by atoms with Gasteiger partial charge >= 0.3 is 0 Å². The molecule has 0 unspecified atom stereocenters. The standard InChI is InChI=1S/C10H22S/c1-8(2)6-7-10(5)11-9(3)4/h8-10H,6-7H2,1-5H3/t10-/m0/s1. The van der Waals surface area contributed by atoms with E-state index in [-0.39, 0.29) is 0 Å². The van der Waals surface area contributed by atoms with Crippen LogP contribution in [-0.4, -0.2) is 10.5 Å². The molecule has 0 fully saturated rings. The number of rotatable bonds is 5. The Morgan fingerprint density at radius 1 is 0.909 bits per heavy atom. The maximum Gasteiger partial charge on any atom is 0.00213 e. The molecular weight excluding hydrogens is 152 g/mol.